The second-order valence-corrected chi connectivity index (χ2v) is 1.10. The Balaban J connectivity index is 0. The van der Waals surface area contributed by atoms with Gasteiger partial charge in [0, 0.05) is 0 Å². The molecule has 0 unspecified atom stereocenters. The van der Waals surface area contributed by atoms with Gasteiger partial charge in [-0.1, -0.05) is 6.08 Å². The average Bonchev–Trinajstić information content (AvgIpc) is 1.33. The third-order valence-corrected chi connectivity index (χ3v) is 0. The Morgan fingerprint density at radius 1 is 1.71 bits per heavy atom. The summed E-state index contributed by atoms with van der Waals surface area (Å²) in [6, 6.07) is 0. The molecule has 0 fully saturated rings. The first kappa shape index (κ1) is 9.94. The van der Waals surface area contributed by atoms with Crippen LogP contribution in [0.15, 0.2) is 12.7 Å². The Morgan fingerprint density at radius 2 is 1.71 bits per heavy atom. The van der Waals surface area contributed by atoms with Gasteiger partial charge < -0.3 is 0 Å². The molecule has 3 nitrogen and oxygen atoms in total. The van der Waals surface area contributed by atoms with Crippen molar-refractivity contribution in [3.63, 3.8) is 0 Å². The Labute approximate surface area is 45.2 Å². The van der Waals surface area contributed by atoms with E-state index >= 15 is 0 Å². The van der Waals surface area contributed by atoms with Crippen molar-refractivity contribution in [3.8, 4) is 0 Å². The Bertz CT molecular complexity index is 57.2. The highest BCUT2D eigenvalue weighted by atomic mass is 32.2. The zero-order valence-corrected chi connectivity index (χ0v) is 4.81. The monoisotopic (exact) mass is 124 g/mol. The Hall–Kier alpha value is -0.190. The van der Waals surface area contributed by atoms with Gasteiger partial charge in [-0.15, -0.1) is 6.58 Å². The minimum absolute atomic E-state index is 1.75. The molecular formula is C3H8O3S. The maximum atomic E-state index is 8.67. The first-order chi connectivity index (χ1) is 3.15. The zero-order valence-electron chi connectivity index (χ0n) is 4.00. The van der Waals surface area contributed by atoms with E-state index in [2.05, 4.69) is 6.58 Å². The molecule has 44 valence electrons. The SMILES string of the molecule is C=CC.O=S(O)O. The lowest BCUT2D eigenvalue weighted by Gasteiger charge is -1.59. The second kappa shape index (κ2) is 9.26. The largest absolute Gasteiger partial charge is 0.299 e. The summed E-state index contributed by atoms with van der Waals surface area (Å²) in [5.41, 5.74) is 0. The molecule has 0 aromatic carbocycles. The summed E-state index contributed by atoms with van der Waals surface area (Å²) in [7, 11) is 0. The van der Waals surface area contributed by atoms with Gasteiger partial charge in [0.05, 0.1) is 0 Å². The maximum absolute atomic E-state index is 8.67. The van der Waals surface area contributed by atoms with Crippen LogP contribution in [0.1, 0.15) is 6.92 Å². The van der Waals surface area contributed by atoms with Crippen LogP contribution in [0.5, 0.6) is 0 Å². The van der Waals surface area contributed by atoms with Crippen molar-refractivity contribution in [2.24, 2.45) is 0 Å². The summed E-state index contributed by atoms with van der Waals surface area (Å²) in [5, 5.41) is 0. The summed E-state index contributed by atoms with van der Waals surface area (Å²) in [6.45, 7) is 5.25. The van der Waals surface area contributed by atoms with E-state index < -0.39 is 11.4 Å². The maximum Gasteiger partial charge on any atom is 0.299 e. The van der Waals surface area contributed by atoms with Gasteiger partial charge in [0.2, 0.25) is 0 Å². The molecule has 0 aliphatic heterocycles. The van der Waals surface area contributed by atoms with Crippen LogP contribution in [-0.2, 0) is 11.4 Å². The summed E-state index contributed by atoms with van der Waals surface area (Å²) >= 11 is -2.61. The third-order valence-electron chi connectivity index (χ3n) is 0. The van der Waals surface area contributed by atoms with E-state index in [1.807, 2.05) is 6.92 Å². The van der Waals surface area contributed by atoms with E-state index in [-0.39, 0.29) is 0 Å². The fraction of sp³-hybridized carbons (Fsp3) is 0.333. The van der Waals surface area contributed by atoms with Gasteiger partial charge in [-0.05, 0) is 6.92 Å². The van der Waals surface area contributed by atoms with Crippen LogP contribution < -0.4 is 0 Å². The van der Waals surface area contributed by atoms with Crippen molar-refractivity contribution in [2.45, 2.75) is 6.92 Å². The molecule has 0 aromatic rings. The highest BCUT2D eigenvalue weighted by Crippen LogP contribution is 1.44. The van der Waals surface area contributed by atoms with Crippen molar-refractivity contribution >= 4 is 11.4 Å². The van der Waals surface area contributed by atoms with Crippen LogP contribution >= 0.6 is 0 Å². The lowest BCUT2D eigenvalue weighted by molar-refractivity contribution is 0.454. The van der Waals surface area contributed by atoms with E-state index in [0.717, 1.165) is 0 Å². The quantitative estimate of drug-likeness (QED) is 0.372. The van der Waals surface area contributed by atoms with Gasteiger partial charge in [0.15, 0.2) is 0 Å². The number of rotatable bonds is 0. The third kappa shape index (κ3) is 2340. The Kier molecular flexibility index (Phi) is 13.1. The average molecular weight is 124 g/mol. The summed E-state index contributed by atoms with van der Waals surface area (Å²) in [4.78, 5) is 0. The van der Waals surface area contributed by atoms with E-state index in [1.54, 1.807) is 6.08 Å². The van der Waals surface area contributed by atoms with Crippen LogP contribution in [0.4, 0.5) is 0 Å². The summed E-state index contributed by atoms with van der Waals surface area (Å²) in [6.07, 6.45) is 1.75. The molecule has 4 heteroatoms. The Morgan fingerprint density at radius 3 is 1.71 bits per heavy atom. The predicted molar refractivity (Wildman–Crippen MR) is 29.3 cm³/mol. The fourth-order valence-corrected chi connectivity index (χ4v) is 0. The van der Waals surface area contributed by atoms with Crippen molar-refractivity contribution in [3.05, 3.63) is 12.7 Å². The van der Waals surface area contributed by atoms with Crippen LogP contribution in [0.2, 0.25) is 0 Å². The fourth-order valence-electron chi connectivity index (χ4n) is 0. The molecule has 7 heavy (non-hydrogen) atoms. The molecule has 0 amide bonds. The normalized spacial score (nSPS) is 6.86. The standard InChI is InChI=1S/C3H6.H2O3S/c1-3-2;1-4(2)3/h3H,1H2,2H3;(H2,1,2,3). The van der Waals surface area contributed by atoms with Crippen LogP contribution in [0.25, 0.3) is 0 Å². The molecule has 2 N–H and O–H groups in total. The molecule has 0 aromatic heterocycles. The predicted octanol–water partition coefficient (Wildman–Crippen LogP) is 0.873. The second-order valence-electron chi connectivity index (χ2n) is 0.639. The first-order valence-corrected chi connectivity index (χ1v) is 2.58. The van der Waals surface area contributed by atoms with Gasteiger partial charge in [-0.2, -0.15) is 4.21 Å². The van der Waals surface area contributed by atoms with Gasteiger partial charge in [-0.3, -0.25) is 9.11 Å². The van der Waals surface area contributed by atoms with E-state index in [9.17, 15) is 0 Å². The molecule has 0 rings (SSSR count). The molecule has 0 heterocycles. The molecule has 0 saturated heterocycles. The molecule has 0 atom stereocenters. The van der Waals surface area contributed by atoms with E-state index in [4.69, 9.17) is 13.3 Å². The highest BCUT2D eigenvalue weighted by Gasteiger charge is 1.62. The lowest BCUT2D eigenvalue weighted by Crippen LogP contribution is -1.74. The minimum Gasteiger partial charge on any atom is -0.284 e. The van der Waals surface area contributed by atoms with Crippen LogP contribution in [0, 0.1) is 0 Å². The van der Waals surface area contributed by atoms with Crippen molar-refractivity contribution < 1.29 is 13.3 Å². The van der Waals surface area contributed by atoms with Gasteiger partial charge in [0.1, 0.15) is 0 Å². The van der Waals surface area contributed by atoms with Crippen molar-refractivity contribution in [1.29, 1.82) is 0 Å². The molecule has 0 radical (unpaired) electrons. The number of hydrogen-bond acceptors (Lipinski definition) is 1. The lowest BCUT2D eigenvalue weighted by atomic mass is 10.8. The zero-order chi connectivity index (χ0) is 6.28. The van der Waals surface area contributed by atoms with Crippen LogP contribution in [0.3, 0.4) is 0 Å². The highest BCUT2D eigenvalue weighted by molar-refractivity contribution is 7.73. The minimum atomic E-state index is -2.61. The van der Waals surface area contributed by atoms with E-state index in [0.29, 0.717) is 0 Å². The molecule has 0 spiro atoms. The molecule has 0 aliphatic carbocycles. The van der Waals surface area contributed by atoms with Gasteiger partial charge >= 0.3 is 0 Å². The van der Waals surface area contributed by atoms with Crippen molar-refractivity contribution in [2.75, 3.05) is 0 Å². The first-order valence-electron chi connectivity index (χ1n) is 1.52. The van der Waals surface area contributed by atoms with Crippen molar-refractivity contribution in [1.82, 2.24) is 0 Å². The number of allylic oxidation sites excluding steroid dienone is 1. The molecule has 0 saturated carbocycles. The molecule has 0 aliphatic rings. The van der Waals surface area contributed by atoms with Crippen LogP contribution in [-0.4, -0.2) is 13.3 Å². The topological polar surface area (TPSA) is 57.5 Å². The summed E-state index contributed by atoms with van der Waals surface area (Å²) < 4.78 is 22.8. The molecule has 0 bridgehead atoms. The van der Waals surface area contributed by atoms with E-state index in [1.165, 1.54) is 0 Å². The number of hydrogen-bond donors (Lipinski definition) is 2. The molecular weight excluding hydrogens is 116 g/mol. The smallest absolute Gasteiger partial charge is 0.284 e. The van der Waals surface area contributed by atoms with Gasteiger partial charge in [0.25, 0.3) is 11.4 Å². The summed E-state index contributed by atoms with van der Waals surface area (Å²) in [5.74, 6) is 0. The van der Waals surface area contributed by atoms with Gasteiger partial charge in [-0.25, -0.2) is 0 Å².